The van der Waals surface area contributed by atoms with Crippen molar-refractivity contribution in [2.45, 2.75) is 11.8 Å². The molecule has 0 aliphatic carbocycles. The van der Waals surface area contributed by atoms with Gasteiger partial charge in [-0.05, 0) is 42.8 Å². The molecule has 2 rings (SSSR count). The van der Waals surface area contributed by atoms with Crippen LogP contribution in [0.1, 0.15) is 15.9 Å². The van der Waals surface area contributed by atoms with Crippen LogP contribution in [-0.2, 0) is 4.79 Å². The highest BCUT2D eigenvalue weighted by molar-refractivity contribution is 9.10. The van der Waals surface area contributed by atoms with Gasteiger partial charge >= 0.3 is 0 Å². The first-order chi connectivity index (χ1) is 10.5. The summed E-state index contributed by atoms with van der Waals surface area (Å²) in [6.07, 6.45) is 0. The Labute approximate surface area is 141 Å². The fraction of sp³-hybridized carbons (Fsp3) is 0.125. The molecule has 3 N–H and O–H groups in total. The van der Waals surface area contributed by atoms with Crippen molar-refractivity contribution in [2.75, 3.05) is 11.1 Å². The summed E-state index contributed by atoms with van der Waals surface area (Å²) in [4.78, 5) is 24.4. The fourth-order valence-electron chi connectivity index (χ4n) is 1.91. The molecule has 2 aromatic carbocycles. The third-order valence-electron chi connectivity index (χ3n) is 2.96. The lowest BCUT2D eigenvalue weighted by Crippen LogP contribution is -2.19. The molecular weight excluding hydrogens is 364 g/mol. The van der Waals surface area contributed by atoms with Gasteiger partial charge in [0.05, 0.1) is 17.0 Å². The number of halogens is 1. The van der Waals surface area contributed by atoms with Gasteiger partial charge < -0.3 is 11.1 Å². The molecule has 0 heterocycles. The van der Waals surface area contributed by atoms with E-state index in [9.17, 15) is 9.59 Å². The zero-order chi connectivity index (χ0) is 16.1. The molecule has 6 heteroatoms. The van der Waals surface area contributed by atoms with Crippen LogP contribution >= 0.6 is 27.7 Å². The minimum atomic E-state index is -0.563. The molecular formula is C16H15BrN2O2S. The molecule has 0 unspecified atom stereocenters. The number of rotatable bonds is 5. The zero-order valence-corrected chi connectivity index (χ0v) is 14.3. The number of primary amides is 1. The summed E-state index contributed by atoms with van der Waals surface area (Å²) in [5, 5.41) is 2.72. The summed E-state index contributed by atoms with van der Waals surface area (Å²) in [6.45, 7) is 1.99. The zero-order valence-electron chi connectivity index (χ0n) is 11.9. The minimum Gasteiger partial charge on any atom is -0.366 e. The number of hydrogen-bond donors (Lipinski definition) is 2. The first kappa shape index (κ1) is 16.6. The molecule has 0 aromatic heterocycles. The molecule has 0 saturated heterocycles. The van der Waals surface area contributed by atoms with Gasteiger partial charge in [0.15, 0.2) is 0 Å². The number of anilines is 1. The van der Waals surface area contributed by atoms with Gasteiger partial charge in [-0.15, -0.1) is 11.8 Å². The summed E-state index contributed by atoms with van der Waals surface area (Å²) in [6, 6.07) is 12.6. The molecule has 0 atom stereocenters. The van der Waals surface area contributed by atoms with Gasteiger partial charge in [-0.25, -0.2) is 0 Å². The van der Waals surface area contributed by atoms with Crippen molar-refractivity contribution in [3.63, 3.8) is 0 Å². The van der Waals surface area contributed by atoms with Crippen LogP contribution in [0.15, 0.2) is 51.8 Å². The van der Waals surface area contributed by atoms with E-state index in [1.54, 1.807) is 24.3 Å². The summed E-state index contributed by atoms with van der Waals surface area (Å²) in [7, 11) is 0. The predicted octanol–water partition coefficient (Wildman–Crippen LogP) is 3.59. The molecule has 2 amide bonds. The second-order valence-electron chi connectivity index (χ2n) is 4.66. The molecule has 0 bridgehead atoms. The summed E-state index contributed by atoms with van der Waals surface area (Å²) < 4.78 is 1.01. The molecule has 0 aliphatic rings. The van der Waals surface area contributed by atoms with E-state index in [2.05, 4.69) is 21.2 Å². The average Bonchev–Trinajstić information content (AvgIpc) is 2.46. The van der Waals surface area contributed by atoms with Crippen molar-refractivity contribution in [1.82, 2.24) is 0 Å². The normalized spacial score (nSPS) is 10.3. The van der Waals surface area contributed by atoms with Gasteiger partial charge in [-0.1, -0.05) is 28.1 Å². The first-order valence-electron chi connectivity index (χ1n) is 6.55. The lowest BCUT2D eigenvalue weighted by Gasteiger charge is -2.09. The highest BCUT2D eigenvalue weighted by atomic mass is 79.9. The third kappa shape index (κ3) is 4.35. The van der Waals surface area contributed by atoms with Gasteiger partial charge in [0.1, 0.15) is 0 Å². The van der Waals surface area contributed by atoms with Crippen LogP contribution in [0.4, 0.5) is 5.69 Å². The van der Waals surface area contributed by atoms with Crippen molar-refractivity contribution in [3.05, 3.63) is 58.1 Å². The summed E-state index contributed by atoms with van der Waals surface area (Å²) in [5.74, 6) is -0.483. The summed E-state index contributed by atoms with van der Waals surface area (Å²) >= 11 is 4.86. The number of carbonyl (C=O) groups excluding carboxylic acids is 2. The quantitative estimate of drug-likeness (QED) is 0.780. The van der Waals surface area contributed by atoms with Crippen LogP contribution in [0.5, 0.6) is 0 Å². The standard InChI is InChI=1S/C16H15BrN2O2S/c1-10-8-11(17)6-7-14(10)22-9-15(20)19-13-5-3-2-4-12(13)16(18)21/h2-8H,9H2,1H3,(H2,18,21)(H,19,20). The topological polar surface area (TPSA) is 72.2 Å². The Hall–Kier alpha value is -1.79. The number of carbonyl (C=O) groups is 2. The minimum absolute atomic E-state index is 0.180. The smallest absolute Gasteiger partial charge is 0.250 e. The third-order valence-corrected chi connectivity index (χ3v) is 4.63. The Balaban J connectivity index is 2.00. The highest BCUT2D eigenvalue weighted by Gasteiger charge is 2.11. The van der Waals surface area contributed by atoms with Crippen LogP contribution in [0, 0.1) is 6.92 Å². The van der Waals surface area contributed by atoms with E-state index in [1.807, 2.05) is 25.1 Å². The number of nitrogens with two attached hydrogens (primary N) is 1. The van der Waals surface area contributed by atoms with E-state index in [-0.39, 0.29) is 11.7 Å². The van der Waals surface area contributed by atoms with Crippen LogP contribution in [-0.4, -0.2) is 17.6 Å². The second kappa shape index (κ2) is 7.47. The predicted molar refractivity (Wildman–Crippen MR) is 93.2 cm³/mol. The number of benzene rings is 2. The highest BCUT2D eigenvalue weighted by Crippen LogP contribution is 2.25. The molecule has 0 fully saturated rings. The number of hydrogen-bond acceptors (Lipinski definition) is 3. The van der Waals surface area contributed by atoms with Crippen molar-refractivity contribution >= 4 is 45.2 Å². The number of nitrogens with one attached hydrogen (secondary N) is 1. The molecule has 0 aliphatic heterocycles. The Morgan fingerprint density at radius 1 is 1.23 bits per heavy atom. The molecule has 2 aromatic rings. The fourth-order valence-corrected chi connectivity index (χ4v) is 3.20. The Kier molecular flexibility index (Phi) is 5.63. The largest absolute Gasteiger partial charge is 0.366 e. The Morgan fingerprint density at radius 2 is 1.95 bits per heavy atom. The summed E-state index contributed by atoms with van der Waals surface area (Å²) in [5.41, 5.74) is 7.14. The van der Waals surface area contributed by atoms with E-state index < -0.39 is 5.91 Å². The first-order valence-corrected chi connectivity index (χ1v) is 8.33. The maximum atomic E-state index is 12.0. The van der Waals surface area contributed by atoms with E-state index in [4.69, 9.17) is 5.73 Å². The Bertz CT molecular complexity index is 719. The van der Waals surface area contributed by atoms with Gasteiger partial charge in [0, 0.05) is 9.37 Å². The van der Waals surface area contributed by atoms with Crippen LogP contribution in [0.3, 0.4) is 0 Å². The van der Waals surface area contributed by atoms with Gasteiger partial charge in [-0.2, -0.15) is 0 Å². The molecule has 4 nitrogen and oxygen atoms in total. The van der Waals surface area contributed by atoms with Crippen LogP contribution in [0.2, 0.25) is 0 Å². The van der Waals surface area contributed by atoms with Crippen molar-refractivity contribution < 1.29 is 9.59 Å². The molecule has 0 radical (unpaired) electrons. The molecule has 22 heavy (non-hydrogen) atoms. The molecule has 0 saturated carbocycles. The van der Waals surface area contributed by atoms with E-state index >= 15 is 0 Å². The van der Waals surface area contributed by atoms with Crippen molar-refractivity contribution in [3.8, 4) is 0 Å². The maximum absolute atomic E-state index is 12.0. The molecule has 0 spiro atoms. The second-order valence-corrected chi connectivity index (χ2v) is 6.59. The van der Waals surface area contributed by atoms with Crippen molar-refractivity contribution in [1.29, 1.82) is 0 Å². The van der Waals surface area contributed by atoms with E-state index in [0.29, 0.717) is 11.3 Å². The Morgan fingerprint density at radius 3 is 2.64 bits per heavy atom. The average molecular weight is 379 g/mol. The van der Waals surface area contributed by atoms with Gasteiger partial charge in [0.25, 0.3) is 5.91 Å². The van der Waals surface area contributed by atoms with Crippen LogP contribution in [0.25, 0.3) is 0 Å². The number of aryl methyl sites for hydroxylation is 1. The lowest BCUT2D eigenvalue weighted by molar-refractivity contribution is -0.113. The SMILES string of the molecule is Cc1cc(Br)ccc1SCC(=O)Nc1ccccc1C(N)=O. The number of amides is 2. The van der Waals surface area contributed by atoms with Crippen molar-refractivity contribution in [2.24, 2.45) is 5.73 Å². The van der Waals surface area contributed by atoms with E-state index in [0.717, 1.165) is 14.9 Å². The maximum Gasteiger partial charge on any atom is 0.250 e. The lowest BCUT2D eigenvalue weighted by atomic mass is 10.1. The number of para-hydroxylation sites is 1. The molecule has 114 valence electrons. The van der Waals surface area contributed by atoms with Gasteiger partial charge in [-0.3, -0.25) is 9.59 Å². The van der Waals surface area contributed by atoms with E-state index in [1.165, 1.54) is 11.8 Å². The van der Waals surface area contributed by atoms with Gasteiger partial charge in [0.2, 0.25) is 5.91 Å². The van der Waals surface area contributed by atoms with Crippen LogP contribution < -0.4 is 11.1 Å². The number of thioether (sulfide) groups is 1. The monoisotopic (exact) mass is 378 g/mol.